The number of hydrogen-bond acceptors (Lipinski definition) is 0. The molecule has 142 heavy (non-hydrogen) atoms. The molecule has 0 fully saturated rings. The molecule has 0 amide bonds. The highest BCUT2D eigenvalue weighted by Gasteiger charge is 2.48. The van der Waals surface area contributed by atoms with E-state index in [-0.39, 0.29) is 11.3 Å². The van der Waals surface area contributed by atoms with Crippen molar-refractivity contribution >= 4 is 64.6 Å². The van der Waals surface area contributed by atoms with Gasteiger partial charge in [-0.05, 0) is 280 Å². The summed E-state index contributed by atoms with van der Waals surface area (Å²) in [7, 11) is 0. The highest BCUT2D eigenvalue weighted by atomic mass is 14.5. The molecule has 0 heteroatoms. The van der Waals surface area contributed by atoms with Crippen LogP contribution >= 0.6 is 0 Å². The molecule has 0 aromatic heterocycles. The van der Waals surface area contributed by atoms with Crippen LogP contribution in [0.5, 0.6) is 0 Å². The number of fused-ring (bicyclic) bond motifs is 30. The van der Waals surface area contributed by atoms with E-state index >= 15 is 0 Å². The number of rotatable bonds is 6. The Hall–Kier alpha value is -16.4. The lowest BCUT2D eigenvalue weighted by molar-refractivity contribution is 0.775. The molecule has 5 unspecified atom stereocenters. The molecule has 0 nitrogen and oxygen atoms in total. The second-order valence-electron chi connectivity index (χ2n) is 40.1. The Kier molecular flexibility index (Phi) is 22.9. The van der Waals surface area contributed by atoms with Gasteiger partial charge in [-0.3, -0.25) is 0 Å². The van der Waals surface area contributed by atoms with Gasteiger partial charge < -0.3 is 0 Å². The van der Waals surface area contributed by atoms with E-state index in [0.29, 0.717) is 23.7 Å². The van der Waals surface area contributed by atoms with E-state index in [0.717, 1.165) is 6.42 Å². The first-order valence-corrected chi connectivity index (χ1v) is 50.8. The minimum Gasteiger partial charge on any atom is -0.0645 e. The van der Waals surface area contributed by atoms with Gasteiger partial charge in [0.1, 0.15) is 0 Å². The fraction of sp³-hybridized carbons (Fsp3) is 0.113. The Balaban J connectivity index is 0.0000000930. The molecule has 0 saturated heterocycles. The molecular weight excluding hydrogens is 1710 g/mol. The monoisotopic (exact) mass is 1820 g/mol. The molecule has 6 aliphatic carbocycles. The Morgan fingerprint density at radius 1 is 0.204 bits per heavy atom. The van der Waals surface area contributed by atoms with E-state index in [2.05, 4.69) is 535 Å². The van der Waals surface area contributed by atoms with Gasteiger partial charge in [0, 0.05) is 29.6 Å². The zero-order valence-electron chi connectivity index (χ0n) is 82.1. The maximum atomic E-state index is 2.36. The number of hydrogen-bond donors (Lipinski definition) is 0. The van der Waals surface area contributed by atoms with Gasteiger partial charge in [-0.15, -0.1) is 0 Å². The van der Waals surface area contributed by atoms with Gasteiger partial charge in [-0.1, -0.05) is 527 Å². The maximum absolute atomic E-state index is 2.36. The van der Waals surface area contributed by atoms with E-state index in [1.54, 1.807) is 0 Å². The summed E-state index contributed by atoms with van der Waals surface area (Å²) < 4.78 is 0. The van der Waals surface area contributed by atoms with Crippen LogP contribution < -0.4 is 0 Å². The molecule has 0 aliphatic heterocycles. The zero-order valence-corrected chi connectivity index (χ0v) is 82.1. The third-order valence-corrected chi connectivity index (χ3v) is 31.6. The summed E-state index contributed by atoms with van der Waals surface area (Å²) in [6.45, 7) is 20.0. The highest BCUT2D eigenvalue weighted by molar-refractivity contribution is 6.05. The van der Waals surface area contributed by atoms with E-state index < -0.39 is 0 Å². The minimum absolute atomic E-state index is 0.270. The van der Waals surface area contributed by atoms with Crippen molar-refractivity contribution in [3.05, 3.63) is 596 Å². The van der Waals surface area contributed by atoms with Crippen LogP contribution in [0.15, 0.2) is 473 Å². The number of benzene rings is 23. The van der Waals surface area contributed by atoms with Crippen LogP contribution in [0.25, 0.3) is 143 Å². The Morgan fingerprint density at radius 3 is 1.03 bits per heavy atom. The molecule has 0 heterocycles. The SMILES string of the molecule is CCC1c2ccc(C)cc2-c2ccc3ccccc3c21.Cc1ccc2c(c1)-c1ccc3ccccc3c1C2(c1ccccc1)c1ccccc1.Cc1ccc2c(c1)-c1ccc3ccccc3c1C2C.Cc1ccc2c(c1)-c1ccc3ccccc3c1C2c1ccc(-c2ccccc2)cc1.Cc1ccc2c(c1)-c1ccc3ccccc3c1C2c1ccccc1.Cc1ccc2c(c1)C(C)c1ccc3ccccc3c1-2. The van der Waals surface area contributed by atoms with Gasteiger partial charge in [0.15, 0.2) is 0 Å². The van der Waals surface area contributed by atoms with Crippen molar-refractivity contribution in [3.8, 4) is 77.9 Å². The van der Waals surface area contributed by atoms with E-state index in [1.165, 1.54) is 265 Å². The first kappa shape index (κ1) is 88.3. The second kappa shape index (κ2) is 36.8. The second-order valence-corrected chi connectivity index (χ2v) is 40.1. The lowest BCUT2D eigenvalue weighted by atomic mass is 9.66. The first-order chi connectivity index (χ1) is 69.7. The standard InChI is InChI=1S/2C30H22.C24H18.C20H18.2C19H16/c1-21-16-19-28-27(20-21)26-18-17-22-10-8-9-15-25(22)29(26)30(28,23-11-4-2-5-12-23)24-13-6-3-7-14-24;1-20-11-17-26-28(19-20)27-18-16-23-9-5-6-10-25(23)30(27)29(26)24-14-12-22(13-15-24)21-7-3-2-4-8-21;1-16-11-13-20-22(15-16)21-14-12-17-7-5-6-10-19(17)24(21)23(20)18-8-3-2-4-9-18;1-3-15-17-10-8-13(2)12-19(17)18-11-9-14-6-4-5-7-16(14)20(15)18;1-12-7-9-17-18(11-12)13(2)15-10-8-14-5-3-4-6-16(14)19(15)17;1-12-7-9-15-13(2)19-16-6-4-3-5-14(16)8-10-17(19)18(15)11-12/h2-20H,1H3;2-19,29H,1H3;2-15,23H,1H3;4-12,15H,3H2,1-2H3;2*3-11,13H,1-2H3. The Bertz CT molecular complexity index is 8820. The van der Waals surface area contributed by atoms with Gasteiger partial charge in [0.05, 0.1) is 5.41 Å². The maximum Gasteiger partial charge on any atom is 0.0719 e. The molecule has 0 spiro atoms. The van der Waals surface area contributed by atoms with Gasteiger partial charge >= 0.3 is 0 Å². The molecule has 0 saturated carbocycles. The van der Waals surface area contributed by atoms with Gasteiger partial charge in [-0.25, -0.2) is 0 Å². The Labute approximate surface area is 835 Å². The predicted molar refractivity (Wildman–Crippen MR) is 604 cm³/mol. The lowest BCUT2D eigenvalue weighted by Gasteiger charge is -2.34. The van der Waals surface area contributed by atoms with Crippen molar-refractivity contribution in [2.45, 2.75) is 104 Å². The normalized spacial score (nSPS) is 15.2. The molecule has 23 aromatic rings. The van der Waals surface area contributed by atoms with Crippen LogP contribution in [-0.2, 0) is 5.41 Å². The van der Waals surface area contributed by atoms with Gasteiger partial charge in [0.2, 0.25) is 0 Å². The summed E-state index contributed by atoms with van der Waals surface area (Å²) in [5, 5.41) is 16.2. The van der Waals surface area contributed by atoms with Crippen LogP contribution in [0.3, 0.4) is 0 Å². The fourth-order valence-electron chi connectivity index (χ4n) is 25.0. The quantitative estimate of drug-likeness (QED) is 0.156. The summed E-state index contributed by atoms with van der Waals surface area (Å²) in [5.41, 5.74) is 49.8. The molecule has 23 aromatic carbocycles. The molecule has 0 bridgehead atoms. The van der Waals surface area contributed by atoms with E-state index in [4.69, 9.17) is 0 Å². The summed E-state index contributed by atoms with van der Waals surface area (Å²) in [6.07, 6.45) is 1.16. The van der Waals surface area contributed by atoms with E-state index in [1.807, 2.05) is 0 Å². The van der Waals surface area contributed by atoms with Crippen molar-refractivity contribution < 1.29 is 0 Å². The lowest BCUT2D eigenvalue weighted by Crippen LogP contribution is -2.28. The topological polar surface area (TPSA) is 0 Å². The van der Waals surface area contributed by atoms with Crippen LogP contribution in [-0.4, -0.2) is 0 Å². The molecule has 5 atom stereocenters. The summed E-state index contributed by atoms with van der Waals surface area (Å²) in [6, 6.07) is 174. The fourth-order valence-corrected chi connectivity index (χ4v) is 25.0. The highest BCUT2D eigenvalue weighted by Crippen LogP contribution is 2.60. The van der Waals surface area contributed by atoms with Crippen LogP contribution in [0.1, 0.15) is 179 Å². The van der Waals surface area contributed by atoms with Crippen molar-refractivity contribution in [1.29, 1.82) is 0 Å². The average molecular weight is 1820 g/mol. The smallest absolute Gasteiger partial charge is 0.0645 e. The first-order valence-electron chi connectivity index (χ1n) is 50.8. The molecular formula is C142H112. The van der Waals surface area contributed by atoms with Crippen molar-refractivity contribution in [2.24, 2.45) is 0 Å². The predicted octanol–water partition coefficient (Wildman–Crippen LogP) is 38.0. The molecule has 0 radical (unpaired) electrons. The summed E-state index contributed by atoms with van der Waals surface area (Å²) >= 11 is 0. The van der Waals surface area contributed by atoms with Crippen LogP contribution in [0, 0.1) is 41.5 Å². The third-order valence-electron chi connectivity index (χ3n) is 31.6. The van der Waals surface area contributed by atoms with Crippen molar-refractivity contribution in [3.63, 3.8) is 0 Å². The van der Waals surface area contributed by atoms with Crippen molar-refractivity contribution in [2.75, 3.05) is 0 Å². The van der Waals surface area contributed by atoms with Crippen molar-refractivity contribution in [1.82, 2.24) is 0 Å². The Morgan fingerprint density at radius 2 is 0.528 bits per heavy atom. The largest absolute Gasteiger partial charge is 0.0719 e. The molecule has 0 N–H and O–H groups in total. The van der Waals surface area contributed by atoms with E-state index in [9.17, 15) is 0 Å². The number of aryl methyl sites for hydroxylation is 6. The van der Waals surface area contributed by atoms with Gasteiger partial charge in [0.25, 0.3) is 0 Å². The summed E-state index contributed by atoms with van der Waals surface area (Å²) in [5.74, 6) is 2.15. The average Bonchev–Trinajstić information content (AvgIpc) is 1.52. The van der Waals surface area contributed by atoms with Crippen LogP contribution in [0.4, 0.5) is 0 Å². The molecule has 680 valence electrons. The van der Waals surface area contributed by atoms with Gasteiger partial charge in [-0.2, -0.15) is 0 Å². The molecule has 6 aliphatic rings. The third kappa shape index (κ3) is 15.2. The zero-order chi connectivity index (χ0) is 96.0. The summed E-state index contributed by atoms with van der Waals surface area (Å²) in [4.78, 5) is 0. The minimum atomic E-state index is -0.332. The molecule has 29 rings (SSSR count). The van der Waals surface area contributed by atoms with Crippen LogP contribution in [0.2, 0.25) is 0 Å².